The van der Waals surface area contributed by atoms with E-state index in [0.717, 1.165) is 23.4 Å². The van der Waals surface area contributed by atoms with Crippen LogP contribution in [0.25, 0.3) is 0 Å². The van der Waals surface area contributed by atoms with Gasteiger partial charge in [-0.25, -0.2) is 0 Å². The predicted molar refractivity (Wildman–Crippen MR) is 36.2 cm³/mol. The first-order chi connectivity index (χ1) is 4.33. The summed E-state index contributed by atoms with van der Waals surface area (Å²) in [6, 6.07) is 0.941. The first kappa shape index (κ1) is 4.73. The fourth-order valence-corrected chi connectivity index (χ4v) is 3.07. The monoisotopic (exact) mass is 123 g/mol. The molecular weight excluding hydrogens is 110 g/mol. The normalized spacial score (nSPS) is 68.3. The molecule has 1 spiro atoms. The zero-order chi connectivity index (χ0) is 6.06. The van der Waals surface area contributed by atoms with Gasteiger partial charge < -0.3 is 5.32 Å². The van der Waals surface area contributed by atoms with Gasteiger partial charge in [-0.2, -0.15) is 0 Å². The van der Waals surface area contributed by atoms with Gasteiger partial charge in [-0.3, -0.25) is 0 Å². The molecule has 1 nitrogen and oxygen atoms in total. The molecule has 1 heterocycles. The van der Waals surface area contributed by atoms with Gasteiger partial charge in [-0.15, -0.1) is 0 Å². The Hall–Kier alpha value is -0.0400. The van der Waals surface area contributed by atoms with E-state index in [-0.39, 0.29) is 0 Å². The van der Waals surface area contributed by atoms with E-state index in [0.29, 0.717) is 0 Å². The van der Waals surface area contributed by atoms with E-state index < -0.39 is 0 Å². The van der Waals surface area contributed by atoms with Crippen LogP contribution in [0, 0.1) is 11.8 Å². The van der Waals surface area contributed by atoms with E-state index in [2.05, 4.69) is 12.2 Å². The summed E-state index contributed by atoms with van der Waals surface area (Å²) in [6.45, 7) is 2.39. The van der Waals surface area contributed by atoms with Crippen LogP contribution in [0.15, 0.2) is 0 Å². The van der Waals surface area contributed by atoms with Crippen molar-refractivity contribution in [3.05, 3.63) is 0 Å². The molecule has 0 aromatic heterocycles. The van der Waals surface area contributed by atoms with Crippen LogP contribution in [0.3, 0.4) is 0 Å². The minimum atomic E-state index is 0.722. The second kappa shape index (κ2) is 1.07. The van der Waals surface area contributed by atoms with Gasteiger partial charge in [0, 0.05) is 11.6 Å². The largest absolute Gasteiger partial charge is 0.305 e. The molecule has 50 valence electrons. The van der Waals surface area contributed by atoms with E-state index in [9.17, 15) is 0 Å². The maximum absolute atomic E-state index is 3.63. The maximum atomic E-state index is 3.63. The summed E-state index contributed by atoms with van der Waals surface area (Å²) in [7, 11) is 0. The molecule has 4 unspecified atom stereocenters. The van der Waals surface area contributed by atoms with E-state index in [4.69, 9.17) is 0 Å². The van der Waals surface area contributed by atoms with Crippen molar-refractivity contribution in [2.24, 2.45) is 11.8 Å². The zero-order valence-electron chi connectivity index (χ0n) is 5.85. The molecule has 4 atom stereocenters. The van der Waals surface area contributed by atoms with Crippen molar-refractivity contribution >= 4 is 0 Å². The third-order valence-electron chi connectivity index (χ3n) is 3.76. The Labute approximate surface area is 55.8 Å². The second-order valence-electron chi connectivity index (χ2n) is 4.11. The Morgan fingerprint density at radius 1 is 1.56 bits per heavy atom. The van der Waals surface area contributed by atoms with Gasteiger partial charge in [-0.1, -0.05) is 6.92 Å². The molecule has 3 aliphatic rings. The highest BCUT2D eigenvalue weighted by atomic mass is 15.3. The average molecular weight is 123 g/mol. The Balaban J connectivity index is 1.97. The Morgan fingerprint density at radius 2 is 2.44 bits per heavy atom. The fourth-order valence-electron chi connectivity index (χ4n) is 3.07. The summed E-state index contributed by atoms with van der Waals surface area (Å²) in [5.74, 6) is 2.06. The van der Waals surface area contributed by atoms with Gasteiger partial charge in [0.2, 0.25) is 0 Å². The van der Waals surface area contributed by atoms with Gasteiger partial charge in [0.1, 0.15) is 0 Å². The van der Waals surface area contributed by atoms with Crippen LogP contribution < -0.4 is 5.32 Å². The molecule has 3 rings (SSSR count). The average Bonchev–Trinajstić information content (AvgIpc) is 2.50. The van der Waals surface area contributed by atoms with E-state index in [1.165, 1.54) is 19.3 Å². The van der Waals surface area contributed by atoms with Crippen molar-refractivity contribution in [1.29, 1.82) is 0 Å². The Morgan fingerprint density at radius 3 is 2.67 bits per heavy atom. The minimum Gasteiger partial charge on any atom is -0.305 e. The molecule has 1 heteroatoms. The number of rotatable bonds is 0. The summed E-state index contributed by atoms with van der Waals surface area (Å²) in [4.78, 5) is 0. The van der Waals surface area contributed by atoms with Crippen LogP contribution in [-0.4, -0.2) is 11.6 Å². The molecule has 0 amide bonds. The van der Waals surface area contributed by atoms with Crippen molar-refractivity contribution in [2.75, 3.05) is 0 Å². The molecule has 3 fully saturated rings. The number of hydrogen-bond acceptors (Lipinski definition) is 1. The fraction of sp³-hybridized carbons (Fsp3) is 1.00. The Kier molecular flexibility index (Phi) is 0.563. The molecule has 9 heavy (non-hydrogen) atoms. The van der Waals surface area contributed by atoms with Gasteiger partial charge in [0.15, 0.2) is 0 Å². The first-order valence-electron chi connectivity index (χ1n) is 4.11. The predicted octanol–water partition coefficient (Wildman–Crippen LogP) is 1.15. The number of hydrogen-bond donors (Lipinski definition) is 1. The molecule has 0 radical (unpaired) electrons. The lowest BCUT2D eigenvalue weighted by Gasteiger charge is -2.32. The third kappa shape index (κ3) is 0.337. The van der Waals surface area contributed by atoms with E-state index in [1.807, 2.05) is 0 Å². The molecule has 1 aliphatic heterocycles. The molecule has 0 bridgehead atoms. The van der Waals surface area contributed by atoms with Crippen molar-refractivity contribution in [2.45, 2.75) is 37.8 Å². The molecule has 2 aliphatic carbocycles. The van der Waals surface area contributed by atoms with Crippen LogP contribution in [0.5, 0.6) is 0 Å². The van der Waals surface area contributed by atoms with Crippen molar-refractivity contribution < 1.29 is 0 Å². The van der Waals surface area contributed by atoms with Crippen molar-refractivity contribution in [1.82, 2.24) is 5.32 Å². The lowest BCUT2D eigenvalue weighted by atomic mass is 9.74. The molecule has 0 aromatic carbocycles. The Bertz CT molecular complexity index is 162. The molecule has 2 saturated carbocycles. The minimum absolute atomic E-state index is 0.722. The highest BCUT2D eigenvalue weighted by molar-refractivity contribution is 5.28. The number of piperidine rings is 1. The first-order valence-corrected chi connectivity index (χ1v) is 4.11. The SMILES string of the molecule is CC1CC2CCC23NC13. The summed E-state index contributed by atoms with van der Waals surface area (Å²) >= 11 is 0. The summed E-state index contributed by atoms with van der Waals surface area (Å²) < 4.78 is 0. The van der Waals surface area contributed by atoms with Crippen molar-refractivity contribution in [3.63, 3.8) is 0 Å². The van der Waals surface area contributed by atoms with Crippen LogP contribution in [0.4, 0.5) is 0 Å². The van der Waals surface area contributed by atoms with Gasteiger partial charge in [-0.05, 0) is 31.1 Å². The van der Waals surface area contributed by atoms with E-state index >= 15 is 0 Å². The highest BCUT2D eigenvalue weighted by Gasteiger charge is 2.69. The van der Waals surface area contributed by atoms with Crippen LogP contribution >= 0.6 is 0 Å². The van der Waals surface area contributed by atoms with Crippen LogP contribution in [0.1, 0.15) is 26.2 Å². The second-order valence-corrected chi connectivity index (χ2v) is 4.11. The van der Waals surface area contributed by atoms with Gasteiger partial charge in [0.25, 0.3) is 0 Å². The van der Waals surface area contributed by atoms with Crippen molar-refractivity contribution in [3.8, 4) is 0 Å². The van der Waals surface area contributed by atoms with Crippen LogP contribution in [-0.2, 0) is 0 Å². The summed E-state index contributed by atoms with van der Waals surface area (Å²) in [5, 5.41) is 3.63. The summed E-state index contributed by atoms with van der Waals surface area (Å²) in [6.07, 6.45) is 4.50. The van der Waals surface area contributed by atoms with Gasteiger partial charge in [0.05, 0.1) is 0 Å². The summed E-state index contributed by atoms with van der Waals surface area (Å²) in [5.41, 5.74) is 0.722. The quantitative estimate of drug-likeness (QED) is 0.479. The maximum Gasteiger partial charge on any atom is 0.0369 e. The topological polar surface area (TPSA) is 21.9 Å². The molecule has 0 aromatic rings. The van der Waals surface area contributed by atoms with Gasteiger partial charge >= 0.3 is 0 Å². The van der Waals surface area contributed by atoms with E-state index in [1.54, 1.807) is 0 Å². The molecule has 1 saturated heterocycles. The van der Waals surface area contributed by atoms with Crippen LogP contribution in [0.2, 0.25) is 0 Å². The molecule has 1 N–H and O–H groups in total. The standard InChI is InChI=1S/C8H13N/c1-5-4-6-2-3-8(6)7(5)9-8/h5-7,9H,2-4H2,1H3. The zero-order valence-corrected chi connectivity index (χ0v) is 5.85. The molecular formula is C8H13N. The number of nitrogens with one attached hydrogen (secondary N) is 1. The highest BCUT2D eigenvalue weighted by Crippen LogP contribution is 2.61. The lowest BCUT2D eigenvalue weighted by molar-refractivity contribution is 0.230. The third-order valence-corrected chi connectivity index (χ3v) is 3.76. The smallest absolute Gasteiger partial charge is 0.0369 e. The lowest BCUT2D eigenvalue weighted by Crippen LogP contribution is -2.35.